The Morgan fingerprint density at radius 1 is 1.10 bits per heavy atom. The van der Waals surface area contributed by atoms with Gasteiger partial charge in [0.2, 0.25) is 0 Å². The van der Waals surface area contributed by atoms with Crippen molar-refractivity contribution < 1.29 is 14.2 Å². The lowest BCUT2D eigenvalue weighted by Crippen LogP contribution is -2.38. The zero-order valence-electron chi connectivity index (χ0n) is 11.3. The van der Waals surface area contributed by atoms with Crippen LogP contribution in [0.1, 0.15) is 0 Å². The number of morpholine rings is 1. The third-order valence-electron chi connectivity index (χ3n) is 3.06. The quantitative estimate of drug-likeness (QED) is 0.723. The molecular formula is C14H19Cl2NO3. The lowest BCUT2D eigenvalue weighted by Gasteiger charge is -2.26. The first kappa shape index (κ1) is 15.9. The summed E-state index contributed by atoms with van der Waals surface area (Å²) in [6.07, 6.45) is 0. The Morgan fingerprint density at radius 2 is 1.90 bits per heavy atom. The highest BCUT2D eigenvalue weighted by molar-refractivity contribution is 6.42. The third kappa shape index (κ3) is 5.11. The molecule has 1 aliphatic heterocycles. The van der Waals surface area contributed by atoms with Crippen LogP contribution in [0.2, 0.25) is 10.0 Å². The third-order valence-corrected chi connectivity index (χ3v) is 3.86. The highest BCUT2D eigenvalue weighted by atomic mass is 35.5. The first-order valence-corrected chi connectivity index (χ1v) is 7.47. The van der Waals surface area contributed by atoms with Crippen LogP contribution in [-0.2, 0) is 9.47 Å². The predicted octanol–water partition coefficient (Wildman–Crippen LogP) is 2.72. The number of nitrogens with zero attached hydrogens (tertiary/aromatic N) is 1. The first-order chi connectivity index (χ1) is 9.77. The zero-order chi connectivity index (χ0) is 14.2. The number of halogens is 2. The van der Waals surface area contributed by atoms with Gasteiger partial charge in [-0.05, 0) is 12.1 Å². The molecule has 0 radical (unpaired) electrons. The molecule has 0 aliphatic carbocycles. The molecule has 0 N–H and O–H groups in total. The van der Waals surface area contributed by atoms with Crippen molar-refractivity contribution in [2.24, 2.45) is 0 Å². The second-order valence-corrected chi connectivity index (χ2v) is 5.25. The molecule has 0 bridgehead atoms. The minimum atomic E-state index is 0.447. The van der Waals surface area contributed by atoms with Crippen LogP contribution in [0.5, 0.6) is 5.75 Å². The number of ether oxygens (including phenoxy) is 3. The highest BCUT2D eigenvalue weighted by Crippen LogP contribution is 2.31. The fraction of sp³-hybridized carbons (Fsp3) is 0.571. The zero-order valence-corrected chi connectivity index (χ0v) is 12.8. The van der Waals surface area contributed by atoms with Crippen molar-refractivity contribution in [2.45, 2.75) is 0 Å². The average molecular weight is 320 g/mol. The second kappa shape index (κ2) is 8.70. The van der Waals surface area contributed by atoms with E-state index in [2.05, 4.69) is 4.90 Å². The van der Waals surface area contributed by atoms with Gasteiger partial charge in [0.15, 0.2) is 0 Å². The van der Waals surface area contributed by atoms with Crippen molar-refractivity contribution in [3.8, 4) is 5.75 Å². The van der Waals surface area contributed by atoms with Gasteiger partial charge in [-0.15, -0.1) is 0 Å². The van der Waals surface area contributed by atoms with E-state index in [1.807, 2.05) is 6.07 Å². The molecule has 1 aromatic carbocycles. The Labute approximate surface area is 129 Å². The standard InChI is InChI=1S/C14H19Cl2NO3/c15-12-2-1-3-13(14(12)16)20-11-10-19-9-6-17-4-7-18-8-5-17/h1-3H,4-11H2. The Balaban J connectivity index is 1.56. The molecule has 1 aromatic rings. The molecule has 0 saturated carbocycles. The summed E-state index contributed by atoms with van der Waals surface area (Å²) >= 11 is 11.9. The van der Waals surface area contributed by atoms with Crippen LogP contribution in [0.25, 0.3) is 0 Å². The van der Waals surface area contributed by atoms with Gasteiger partial charge in [-0.1, -0.05) is 29.3 Å². The van der Waals surface area contributed by atoms with E-state index in [1.54, 1.807) is 12.1 Å². The lowest BCUT2D eigenvalue weighted by molar-refractivity contribution is 0.0170. The monoisotopic (exact) mass is 319 g/mol. The Kier molecular flexibility index (Phi) is 6.90. The molecule has 0 unspecified atom stereocenters. The van der Waals surface area contributed by atoms with Crippen LogP contribution in [-0.4, -0.2) is 57.6 Å². The van der Waals surface area contributed by atoms with Gasteiger partial charge in [-0.25, -0.2) is 0 Å². The smallest absolute Gasteiger partial charge is 0.139 e. The second-order valence-electron chi connectivity index (χ2n) is 4.47. The normalized spacial score (nSPS) is 16.3. The molecule has 0 amide bonds. The van der Waals surface area contributed by atoms with Crippen LogP contribution in [0.3, 0.4) is 0 Å². The van der Waals surface area contributed by atoms with Crippen molar-refractivity contribution in [3.63, 3.8) is 0 Å². The van der Waals surface area contributed by atoms with Crippen molar-refractivity contribution in [2.75, 3.05) is 52.7 Å². The molecular weight excluding hydrogens is 301 g/mol. The minimum absolute atomic E-state index is 0.447. The Bertz CT molecular complexity index is 411. The molecule has 6 heteroatoms. The van der Waals surface area contributed by atoms with Crippen LogP contribution < -0.4 is 4.74 Å². The molecule has 112 valence electrons. The van der Waals surface area contributed by atoms with E-state index in [9.17, 15) is 0 Å². The van der Waals surface area contributed by atoms with Crippen LogP contribution in [0, 0.1) is 0 Å². The van der Waals surface area contributed by atoms with Gasteiger partial charge in [0.05, 0.1) is 31.5 Å². The summed E-state index contributed by atoms with van der Waals surface area (Å²) in [6, 6.07) is 5.33. The Morgan fingerprint density at radius 3 is 2.70 bits per heavy atom. The molecule has 0 spiro atoms. The van der Waals surface area contributed by atoms with Gasteiger partial charge in [0, 0.05) is 19.6 Å². The summed E-state index contributed by atoms with van der Waals surface area (Å²) in [7, 11) is 0. The van der Waals surface area contributed by atoms with Crippen molar-refractivity contribution in [3.05, 3.63) is 28.2 Å². The van der Waals surface area contributed by atoms with E-state index in [-0.39, 0.29) is 0 Å². The van der Waals surface area contributed by atoms with E-state index in [1.165, 1.54) is 0 Å². The van der Waals surface area contributed by atoms with E-state index in [0.29, 0.717) is 35.6 Å². The van der Waals surface area contributed by atoms with E-state index in [0.717, 1.165) is 32.8 Å². The van der Waals surface area contributed by atoms with E-state index in [4.69, 9.17) is 37.4 Å². The predicted molar refractivity (Wildman–Crippen MR) is 80.0 cm³/mol. The molecule has 0 atom stereocenters. The maximum Gasteiger partial charge on any atom is 0.139 e. The van der Waals surface area contributed by atoms with Gasteiger partial charge in [-0.2, -0.15) is 0 Å². The fourth-order valence-corrected chi connectivity index (χ4v) is 2.27. The molecule has 1 saturated heterocycles. The summed E-state index contributed by atoms with van der Waals surface area (Å²) in [6.45, 7) is 6.23. The first-order valence-electron chi connectivity index (χ1n) is 6.72. The lowest BCUT2D eigenvalue weighted by atomic mass is 10.3. The van der Waals surface area contributed by atoms with Gasteiger partial charge in [-0.3, -0.25) is 4.90 Å². The molecule has 20 heavy (non-hydrogen) atoms. The Hall–Kier alpha value is -0.520. The number of hydrogen-bond donors (Lipinski definition) is 0. The molecule has 2 rings (SSSR count). The topological polar surface area (TPSA) is 30.9 Å². The molecule has 0 aromatic heterocycles. The molecule has 1 fully saturated rings. The highest BCUT2D eigenvalue weighted by Gasteiger charge is 2.09. The molecule has 1 aliphatic rings. The minimum Gasteiger partial charge on any atom is -0.490 e. The van der Waals surface area contributed by atoms with Gasteiger partial charge >= 0.3 is 0 Å². The van der Waals surface area contributed by atoms with Gasteiger partial charge in [0.1, 0.15) is 17.4 Å². The van der Waals surface area contributed by atoms with E-state index < -0.39 is 0 Å². The molecule has 4 nitrogen and oxygen atoms in total. The summed E-state index contributed by atoms with van der Waals surface area (Å²) in [4.78, 5) is 2.33. The van der Waals surface area contributed by atoms with Gasteiger partial charge in [0.25, 0.3) is 0 Å². The van der Waals surface area contributed by atoms with Crippen molar-refractivity contribution >= 4 is 23.2 Å². The fourth-order valence-electron chi connectivity index (χ4n) is 1.93. The summed E-state index contributed by atoms with van der Waals surface area (Å²) in [5.41, 5.74) is 0. The summed E-state index contributed by atoms with van der Waals surface area (Å²) < 4.78 is 16.4. The largest absolute Gasteiger partial charge is 0.490 e. The van der Waals surface area contributed by atoms with Crippen LogP contribution in [0.15, 0.2) is 18.2 Å². The maximum atomic E-state index is 6.02. The number of benzene rings is 1. The van der Waals surface area contributed by atoms with Crippen LogP contribution in [0.4, 0.5) is 0 Å². The van der Waals surface area contributed by atoms with Crippen molar-refractivity contribution in [1.29, 1.82) is 0 Å². The van der Waals surface area contributed by atoms with E-state index >= 15 is 0 Å². The average Bonchev–Trinajstić information content (AvgIpc) is 2.48. The van der Waals surface area contributed by atoms with Crippen molar-refractivity contribution in [1.82, 2.24) is 4.90 Å². The van der Waals surface area contributed by atoms with Crippen LogP contribution >= 0.6 is 23.2 Å². The summed E-state index contributed by atoms with van der Waals surface area (Å²) in [5, 5.41) is 0.944. The number of rotatable bonds is 7. The molecule has 1 heterocycles. The maximum absolute atomic E-state index is 6.02. The van der Waals surface area contributed by atoms with Gasteiger partial charge < -0.3 is 14.2 Å². The summed E-state index contributed by atoms with van der Waals surface area (Å²) in [5.74, 6) is 0.593. The SMILES string of the molecule is Clc1cccc(OCCOCCN2CCOCC2)c1Cl. The number of hydrogen-bond acceptors (Lipinski definition) is 4.